The van der Waals surface area contributed by atoms with Crippen molar-refractivity contribution in [2.24, 2.45) is 0 Å². The van der Waals surface area contributed by atoms with Gasteiger partial charge in [0, 0.05) is 25.1 Å². The molecule has 2 heterocycles. The highest BCUT2D eigenvalue weighted by molar-refractivity contribution is 6.07. The Balaban J connectivity index is 2.17. The molecule has 0 aliphatic rings. The molecule has 0 bridgehead atoms. The van der Waals surface area contributed by atoms with Crippen LogP contribution in [-0.4, -0.2) is 34.2 Å². The Morgan fingerprint density at radius 2 is 2.30 bits per heavy atom. The molecule has 2 aromatic rings. The predicted molar refractivity (Wildman–Crippen MR) is 67.7 cm³/mol. The van der Waals surface area contributed by atoms with Crippen LogP contribution in [0.5, 0.6) is 0 Å². The topological polar surface area (TPSA) is 117 Å². The lowest BCUT2D eigenvalue weighted by Crippen LogP contribution is -2.14. The fraction of sp³-hybridized carbons (Fsp3) is 0.250. The number of carbonyl (C=O) groups is 2. The summed E-state index contributed by atoms with van der Waals surface area (Å²) in [6.07, 6.45) is 1.41. The van der Waals surface area contributed by atoms with Crippen molar-refractivity contribution in [1.29, 1.82) is 0 Å². The van der Waals surface area contributed by atoms with Crippen molar-refractivity contribution in [3.8, 4) is 0 Å². The quantitative estimate of drug-likeness (QED) is 0.761. The van der Waals surface area contributed by atoms with E-state index in [-0.39, 0.29) is 23.6 Å². The Kier molecular flexibility index (Phi) is 3.85. The van der Waals surface area contributed by atoms with Crippen LogP contribution in [0.3, 0.4) is 0 Å². The molecule has 0 unspecified atom stereocenters. The first-order chi connectivity index (χ1) is 9.52. The molecule has 20 heavy (non-hydrogen) atoms. The summed E-state index contributed by atoms with van der Waals surface area (Å²) in [4.78, 5) is 25.8. The minimum atomic E-state index is -1.13. The van der Waals surface area contributed by atoms with Crippen molar-refractivity contribution in [3.63, 3.8) is 0 Å². The summed E-state index contributed by atoms with van der Waals surface area (Å²) >= 11 is 0. The number of rotatable bonds is 5. The van der Waals surface area contributed by atoms with Crippen molar-refractivity contribution in [3.05, 3.63) is 35.0 Å². The van der Waals surface area contributed by atoms with Gasteiger partial charge >= 0.3 is 5.97 Å². The molecule has 2 aromatic heterocycles. The van der Waals surface area contributed by atoms with E-state index < -0.39 is 11.9 Å². The number of carboxylic acid groups (broad SMARTS) is 1. The Morgan fingerprint density at radius 1 is 1.55 bits per heavy atom. The molecule has 1 amide bonds. The van der Waals surface area contributed by atoms with Gasteiger partial charge in [-0.2, -0.15) is 0 Å². The molecule has 0 spiro atoms. The summed E-state index contributed by atoms with van der Waals surface area (Å²) in [6.45, 7) is 1.80. The molecule has 0 saturated carbocycles. The molecule has 0 aliphatic carbocycles. The lowest BCUT2D eigenvalue weighted by molar-refractivity contribution is 0.0697. The Morgan fingerprint density at radius 3 is 2.95 bits per heavy atom. The number of ether oxygens (including phenoxy) is 1. The lowest BCUT2D eigenvalue weighted by atomic mass is 10.2. The SMILES string of the molecule is COCc1cc(C(=O)Nc2c[nH]c(C)c2C(=O)O)no1. The molecule has 2 rings (SSSR count). The van der Waals surface area contributed by atoms with E-state index in [1.165, 1.54) is 19.4 Å². The molecule has 3 N–H and O–H groups in total. The molecule has 0 atom stereocenters. The van der Waals surface area contributed by atoms with E-state index in [1.54, 1.807) is 6.92 Å². The number of aromatic nitrogens is 2. The third kappa shape index (κ3) is 2.69. The maximum absolute atomic E-state index is 11.9. The van der Waals surface area contributed by atoms with Crippen molar-refractivity contribution in [2.45, 2.75) is 13.5 Å². The monoisotopic (exact) mass is 279 g/mol. The van der Waals surface area contributed by atoms with Crippen molar-refractivity contribution in [1.82, 2.24) is 10.1 Å². The highest BCUT2D eigenvalue weighted by atomic mass is 16.5. The Hall–Kier alpha value is -2.61. The van der Waals surface area contributed by atoms with Gasteiger partial charge in [-0.05, 0) is 6.92 Å². The first-order valence-electron chi connectivity index (χ1n) is 5.70. The molecule has 0 saturated heterocycles. The number of nitrogens with one attached hydrogen (secondary N) is 2. The standard InChI is InChI=1S/C12H13N3O5/c1-6-10(12(17)18)9(4-13-6)14-11(16)8-3-7(5-19-2)20-15-8/h3-4,13H,5H2,1-2H3,(H,14,16)(H,17,18). The van der Waals surface area contributed by atoms with Gasteiger partial charge in [-0.1, -0.05) is 5.16 Å². The number of hydrogen-bond acceptors (Lipinski definition) is 5. The first kappa shape index (κ1) is 13.8. The summed E-state index contributed by atoms with van der Waals surface area (Å²) in [6, 6.07) is 1.43. The molecule has 8 heteroatoms. The number of carbonyl (C=O) groups excluding carboxylic acids is 1. The smallest absolute Gasteiger partial charge is 0.339 e. The number of aromatic carboxylic acids is 1. The second kappa shape index (κ2) is 5.57. The summed E-state index contributed by atoms with van der Waals surface area (Å²) < 4.78 is 9.73. The van der Waals surface area contributed by atoms with Crippen LogP contribution in [0.25, 0.3) is 0 Å². The largest absolute Gasteiger partial charge is 0.478 e. The Labute approximate surface area is 113 Å². The number of aromatic amines is 1. The highest BCUT2D eigenvalue weighted by Crippen LogP contribution is 2.20. The second-order valence-electron chi connectivity index (χ2n) is 4.07. The van der Waals surface area contributed by atoms with Gasteiger partial charge in [-0.15, -0.1) is 0 Å². The third-order valence-electron chi connectivity index (χ3n) is 2.62. The molecular formula is C12H13N3O5. The van der Waals surface area contributed by atoms with Crippen LogP contribution >= 0.6 is 0 Å². The van der Waals surface area contributed by atoms with E-state index in [1.807, 2.05) is 0 Å². The number of H-pyrrole nitrogens is 1. The van der Waals surface area contributed by atoms with Gasteiger partial charge in [0.2, 0.25) is 0 Å². The number of hydrogen-bond donors (Lipinski definition) is 3. The number of methoxy groups -OCH3 is 1. The Bertz CT molecular complexity index is 643. The summed E-state index contributed by atoms with van der Waals surface area (Å²) in [5.41, 5.74) is 0.690. The first-order valence-corrected chi connectivity index (χ1v) is 5.70. The maximum Gasteiger partial charge on any atom is 0.339 e. The van der Waals surface area contributed by atoms with Crippen molar-refractivity contribution < 1.29 is 24.0 Å². The second-order valence-corrected chi connectivity index (χ2v) is 4.07. The van der Waals surface area contributed by atoms with E-state index in [0.717, 1.165) is 0 Å². The molecule has 106 valence electrons. The van der Waals surface area contributed by atoms with E-state index in [4.69, 9.17) is 14.4 Å². The van der Waals surface area contributed by atoms with Crippen molar-refractivity contribution in [2.75, 3.05) is 12.4 Å². The fourth-order valence-electron chi connectivity index (χ4n) is 1.72. The van der Waals surface area contributed by atoms with Gasteiger partial charge in [0.1, 0.15) is 12.2 Å². The normalized spacial score (nSPS) is 10.5. The number of amides is 1. The van der Waals surface area contributed by atoms with Crippen molar-refractivity contribution >= 4 is 17.6 Å². The van der Waals surface area contributed by atoms with Gasteiger partial charge in [-0.25, -0.2) is 4.79 Å². The minimum absolute atomic E-state index is 0.0129. The molecule has 0 aromatic carbocycles. The zero-order valence-corrected chi connectivity index (χ0v) is 10.9. The zero-order valence-electron chi connectivity index (χ0n) is 10.9. The average Bonchev–Trinajstić information content (AvgIpc) is 2.97. The molecule has 8 nitrogen and oxygen atoms in total. The summed E-state index contributed by atoms with van der Waals surface area (Å²) in [5, 5.41) is 15.1. The number of carboxylic acids is 1. The average molecular weight is 279 g/mol. The van der Waals surface area contributed by atoms with Crippen LogP contribution in [-0.2, 0) is 11.3 Å². The predicted octanol–water partition coefficient (Wildman–Crippen LogP) is 1.41. The zero-order chi connectivity index (χ0) is 14.7. The fourth-order valence-corrected chi connectivity index (χ4v) is 1.72. The minimum Gasteiger partial charge on any atom is -0.478 e. The van der Waals surface area contributed by atoms with Gasteiger partial charge in [0.25, 0.3) is 5.91 Å². The van der Waals surface area contributed by atoms with E-state index in [0.29, 0.717) is 11.5 Å². The maximum atomic E-state index is 11.9. The van der Waals surface area contributed by atoms with Gasteiger partial charge in [0.15, 0.2) is 11.5 Å². The summed E-state index contributed by atoms with van der Waals surface area (Å²) in [7, 11) is 1.49. The van der Waals surface area contributed by atoms with Crippen LogP contribution in [0.2, 0.25) is 0 Å². The third-order valence-corrected chi connectivity index (χ3v) is 2.62. The molecular weight excluding hydrogens is 266 g/mol. The van der Waals surface area contributed by atoms with Gasteiger partial charge in [-0.3, -0.25) is 4.79 Å². The van der Waals surface area contributed by atoms with E-state index in [9.17, 15) is 9.59 Å². The van der Waals surface area contributed by atoms with E-state index in [2.05, 4.69) is 15.5 Å². The van der Waals surface area contributed by atoms with Crippen LogP contribution in [0.1, 0.15) is 32.3 Å². The van der Waals surface area contributed by atoms with Crippen LogP contribution in [0.4, 0.5) is 5.69 Å². The van der Waals surface area contributed by atoms with Crippen LogP contribution < -0.4 is 5.32 Å². The van der Waals surface area contributed by atoms with Gasteiger partial charge < -0.3 is 24.7 Å². The molecule has 0 radical (unpaired) electrons. The number of anilines is 1. The number of aryl methyl sites for hydroxylation is 1. The van der Waals surface area contributed by atoms with Crippen LogP contribution in [0.15, 0.2) is 16.8 Å². The van der Waals surface area contributed by atoms with Crippen LogP contribution in [0, 0.1) is 6.92 Å². The van der Waals surface area contributed by atoms with E-state index >= 15 is 0 Å². The summed E-state index contributed by atoms with van der Waals surface area (Å²) in [5.74, 6) is -1.28. The highest BCUT2D eigenvalue weighted by Gasteiger charge is 2.19. The number of nitrogens with zero attached hydrogens (tertiary/aromatic N) is 1. The van der Waals surface area contributed by atoms with Gasteiger partial charge in [0.05, 0.1) is 5.69 Å². The molecule has 0 fully saturated rings. The molecule has 0 aliphatic heterocycles. The lowest BCUT2D eigenvalue weighted by Gasteiger charge is -2.01.